The molecule has 3 saturated heterocycles. The van der Waals surface area contributed by atoms with Crippen molar-refractivity contribution in [3.63, 3.8) is 0 Å². The average Bonchev–Trinajstić information content (AvgIpc) is 3.35. The molecular weight excluding hydrogens is 480 g/mol. The highest BCUT2D eigenvalue weighted by Gasteiger charge is 2.54. The second kappa shape index (κ2) is 10.5. The smallest absolute Gasteiger partial charge is 0.328 e. The molecule has 5 rings (SSSR count). The molecule has 2 aromatic rings. The van der Waals surface area contributed by atoms with E-state index in [0.29, 0.717) is 31.1 Å². The molecule has 11 heteroatoms. The first kappa shape index (κ1) is 24.6. The molecular formula is C26H28N4O7. The molecule has 37 heavy (non-hydrogen) atoms. The van der Waals surface area contributed by atoms with Crippen molar-refractivity contribution in [1.82, 2.24) is 20.9 Å². The number of benzene rings is 2. The van der Waals surface area contributed by atoms with Crippen LogP contribution in [0.4, 0.5) is 9.59 Å². The quantitative estimate of drug-likeness (QED) is 0.466. The molecule has 3 heterocycles. The SMILES string of the molecule is O=C1NC(=O)C(CC2CCCO2)(Oc2ccc(Oc3ccc(CNC(=O)N4CCC4)cc3)cc2)C(=O)N1. The summed E-state index contributed by atoms with van der Waals surface area (Å²) in [5.74, 6) is -0.257. The first-order valence-corrected chi connectivity index (χ1v) is 12.3. The summed E-state index contributed by atoms with van der Waals surface area (Å²) in [5, 5.41) is 7.15. The summed E-state index contributed by atoms with van der Waals surface area (Å²) in [4.78, 5) is 50.9. The van der Waals surface area contributed by atoms with Gasteiger partial charge in [-0.3, -0.25) is 20.2 Å². The Morgan fingerprint density at radius 2 is 1.57 bits per heavy atom. The molecule has 3 aliphatic heterocycles. The topological polar surface area (TPSA) is 135 Å². The van der Waals surface area contributed by atoms with Gasteiger partial charge in [0, 0.05) is 32.7 Å². The number of amides is 6. The molecule has 0 bridgehead atoms. The third-order valence-corrected chi connectivity index (χ3v) is 6.59. The van der Waals surface area contributed by atoms with Crippen LogP contribution in [0.15, 0.2) is 48.5 Å². The molecule has 2 aromatic carbocycles. The van der Waals surface area contributed by atoms with Gasteiger partial charge in [-0.15, -0.1) is 0 Å². The van der Waals surface area contributed by atoms with E-state index in [1.54, 1.807) is 41.3 Å². The predicted molar refractivity (Wildman–Crippen MR) is 130 cm³/mol. The Morgan fingerprint density at radius 3 is 2.14 bits per heavy atom. The Labute approximate surface area is 213 Å². The molecule has 1 unspecified atom stereocenters. The molecule has 3 aliphatic rings. The number of ether oxygens (including phenoxy) is 3. The lowest BCUT2D eigenvalue weighted by Gasteiger charge is -2.35. The summed E-state index contributed by atoms with van der Waals surface area (Å²) in [6, 6.07) is 12.9. The van der Waals surface area contributed by atoms with Gasteiger partial charge in [0.25, 0.3) is 17.4 Å². The number of carbonyl (C=O) groups is 4. The van der Waals surface area contributed by atoms with E-state index in [4.69, 9.17) is 14.2 Å². The second-order valence-electron chi connectivity index (χ2n) is 9.22. The molecule has 0 radical (unpaired) electrons. The van der Waals surface area contributed by atoms with E-state index in [-0.39, 0.29) is 24.3 Å². The lowest BCUT2D eigenvalue weighted by atomic mass is 9.91. The minimum Gasteiger partial charge on any atom is -0.467 e. The summed E-state index contributed by atoms with van der Waals surface area (Å²) in [6.45, 7) is 2.59. The van der Waals surface area contributed by atoms with Crippen molar-refractivity contribution in [1.29, 1.82) is 0 Å². The van der Waals surface area contributed by atoms with Gasteiger partial charge in [-0.05, 0) is 61.2 Å². The summed E-state index contributed by atoms with van der Waals surface area (Å²) in [6.07, 6.45) is 2.22. The van der Waals surface area contributed by atoms with Crippen LogP contribution < -0.4 is 25.4 Å². The van der Waals surface area contributed by atoms with Crippen LogP contribution in [0.3, 0.4) is 0 Å². The number of carbonyl (C=O) groups excluding carboxylic acids is 4. The highest BCUT2D eigenvalue weighted by molar-refractivity contribution is 6.21. The van der Waals surface area contributed by atoms with Crippen LogP contribution in [0, 0.1) is 0 Å². The van der Waals surface area contributed by atoms with Gasteiger partial charge in [-0.25, -0.2) is 9.59 Å². The Balaban J connectivity index is 1.21. The zero-order valence-electron chi connectivity index (χ0n) is 20.2. The van der Waals surface area contributed by atoms with E-state index in [9.17, 15) is 19.2 Å². The fourth-order valence-electron chi connectivity index (χ4n) is 4.39. The summed E-state index contributed by atoms with van der Waals surface area (Å²) in [5.41, 5.74) is -0.976. The second-order valence-corrected chi connectivity index (χ2v) is 9.22. The van der Waals surface area contributed by atoms with Crippen LogP contribution in [0.25, 0.3) is 0 Å². The predicted octanol–water partition coefficient (Wildman–Crippen LogP) is 2.45. The number of barbiturate groups is 1. The summed E-state index contributed by atoms with van der Waals surface area (Å²) >= 11 is 0. The van der Waals surface area contributed by atoms with E-state index < -0.39 is 23.4 Å². The van der Waals surface area contributed by atoms with Crippen molar-refractivity contribution in [3.8, 4) is 17.2 Å². The van der Waals surface area contributed by atoms with E-state index in [0.717, 1.165) is 31.5 Å². The molecule has 1 atom stereocenters. The number of hydrogen-bond acceptors (Lipinski definition) is 7. The van der Waals surface area contributed by atoms with Gasteiger partial charge >= 0.3 is 12.1 Å². The summed E-state index contributed by atoms with van der Waals surface area (Å²) < 4.78 is 17.4. The van der Waals surface area contributed by atoms with Crippen molar-refractivity contribution in [2.45, 2.75) is 43.9 Å². The maximum absolute atomic E-state index is 12.8. The van der Waals surface area contributed by atoms with E-state index >= 15 is 0 Å². The molecule has 194 valence electrons. The monoisotopic (exact) mass is 508 g/mol. The van der Waals surface area contributed by atoms with Gasteiger partial charge in [0.1, 0.15) is 17.2 Å². The van der Waals surface area contributed by atoms with E-state index in [1.807, 2.05) is 12.1 Å². The zero-order chi connectivity index (χ0) is 25.8. The fraction of sp³-hybridized carbons (Fsp3) is 0.385. The maximum Gasteiger partial charge on any atom is 0.328 e. The Kier molecular flexibility index (Phi) is 6.95. The first-order valence-electron chi connectivity index (χ1n) is 12.3. The van der Waals surface area contributed by atoms with E-state index in [1.165, 1.54) is 0 Å². The van der Waals surface area contributed by atoms with Crippen molar-refractivity contribution in [2.75, 3.05) is 19.7 Å². The van der Waals surface area contributed by atoms with Crippen LogP contribution in [-0.2, 0) is 20.9 Å². The number of hydrogen-bond donors (Lipinski definition) is 3. The standard InChI is InChI=1S/C26H28N4O7/c31-22-26(15-21-3-1-14-35-21,23(32)29-24(33)28-22)37-20-10-8-19(9-11-20)36-18-6-4-17(5-7-18)16-27-25(34)30-12-2-13-30/h4-11,21H,1-3,12-16H2,(H,27,34)(H2,28,29,31,32,33). The third kappa shape index (κ3) is 5.51. The number of nitrogens with zero attached hydrogens (tertiary/aromatic N) is 1. The Morgan fingerprint density at radius 1 is 0.946 bits per heavy atom. The van der Waals surface area contributed by atoms with Gasteiger partial charge in [-0.1, -0.05) is 12.1 Å². The van der Waals surface area contributed by atoms with Crippen LogP contribution >= 0.6 is 0 Å². The van der Waals surface area contributed by atoms with Crippen LogP contribution in [0.2, 0.25) is 0 Å². The van der Waals surface area contributed by atoms with Gasteiger partial charge in [-0.2, -0.15) is 0 Å². The van der Waals surface area contributed by atoms with Crippen LogP contribution in [0.5, 0.6) is 17.2 Å². The lowest BCUT2D eigenvalue weighted by Crippen LogP contribution is -2.69. The van der Waals surface area contributed by atoms with Crippen LogP contribution in [-0.4, -0.2) is 60.2 Å². The molecule has 3 fully saturated rings. The molecule has 0 aromatic heterocycles. The van der Waals surface area contributed by atoms with Gasteiger partial charge in [0.05, 0.1) is 6.10 Å². The average molecular weight is 509 g/mol. The zero-order valence-corrected chi connectivity index (χ0v) is 20.2. The summed E-state index contributed by atoms with van der Waals surface area (Å²) in [7, 11) is 0. The van der Waals surface area contributed by atoms with Crippen molar-refractivity contribution < 1.29 is 33.4 Å². The van der Waals surface area contributed by atoms with Crippen molar-refractivity contribution >= 4 is 23.9 Å². The van der Waals surface area contributed by atoms with Crippen molar-refractivity contribution in [3.05, 3.63) is 54.1 Å². The number of urea groups is 2. The molecule has 0 spiro atoms. The number of likely N-dealkylation sites (tertiary alicyclic amines) is 1. The lowest BCUT2D eigenvalue weighted by molar-refractivity contribution is -0.154. The van der Waals surface area contributed by atoms with Gasteiger partial charge in [0.15, 0.2) is 0 Å². The number of nitrogens with one attached hydrogen (secondary N) is 3. The number of rotatable bonds is 8. The van der Waals surface area contributed by atoms with E-state index in [2.05, 4.69) is 16.0 Å². The van der Waals surface area contributed by atoms with Crippen LogP contribution in [0.1, 0.15) is 31.2 Å². The first-order chi connectivity index (χ1) is 17.9. The largest absolute Gasteiger partial charge is 0.467 e. The molecule has 0 saturated carbocycles. The Bertz CT molecular complexity index is 1150. The number of imide groups is 2. The Hall–Kier alpha value is -4.12. The minimum atomic E-state index is -1.92. The normalized spacial score (nSPS) is 20.5. The highest BCUT2D eigenvalue weighted by atomic mass is 16.5. The maximum atomic E-state index is 12.8. The minimum absolute atomic E-state index is 0.0129. The molecule has 6 amide bonds. The van der Waals surface area contributed by atoms with Gasteiger partial charge in [0.2, 0.25) is 0 Å². The fourth-order valence-corrected chi connectivity index (χ4v) is 4.39. The molecule has 11 nitrogen and oxygen atoms in total. The van der Waals surface area contributed by atoms with Crippen molar-refractivity contribution in [2.24, 2.45) is 0 Å². The third-order valence-electron chi connectivity index (χ3n) is 6.59. The molecule has 0 aliphatic carbocycles. The molecule has 3 N–H and O–H groups in total. The highest BCUT2D eigenvalue weighted by Crippen LogP contribution is 2.31. The van der Waals surface area contributed by atoms with Gasteiger partial charge < -0.3 is 24.4 Å².